The van der Waals surface area contributed by atoms with E-state index in [2.05, 4.69) is 6.58 Å². The van der Waals surface area contributed by atoms with Gasteiger partial charge in [-0.2, -0.15) is 0 Å². The van der Waals surface area contributed by atoms with Crippen LogP contribution in [-0.2, 0) is 9.53 Å². The summed E-state index contributed by atoms with van der Waals surface area (Å²) in [6, 6.07) is 0. The van der Waals surface area contributed by atoms with Crippen LogP contribution in [0.25, 0.3) is 0 Å². The van der Waals surface area contributed by atoms with Gasteiger partial charge in [0.1, 0.15) is 11.9 Å². The Kier molecular flexibility index (Phi) is 2.80. The molecule has 15 heavy (non-hydrogen) atoms. The number of hydrogen-bond donors (Lipinski definition) is 1. The van der Waals surface area contributed by atoms with Gasteiger partial charge in [0.2, 0.25) is 0 Å². The third-order valence-electron chi connectivity index (χ3n) is 3.16. The van der Waals surface area contributed by atoms with Gasteiger partial charge in [0, 0.05) is 12.8 Å². The summed E-state index contributed by atoms with van der Waals surface area (Å²) in [7, 11) is 0. The van der Waals surface area contributed by atoms with Gasteiger partial charge >= 0.3 is 5.97 Å². The van der Waals surface area contributed by atoms with Crippen molar-refractivity contribution < 1.29 is 14.6 Å². The number of fused-ring (bicyclic) bond motifs is 1. The first kappa shape index (κ1) is 10.3. The summed E-state index contributed by atoms with van der Waals surface area (Å²) in [5.41, 5.74) is 0.529. The molecule has 3 heteroatoms. The molecule has 0 bridgehead atoms. The standard InChI is InChI=1S/C12H16O3/c1-2-4-9-7-8-5-3-6-10(13)11(8)12(14)15-9/h2,8-9,13H,1,3-7H2/t8-,9-/m1/s1. The molecule has 2 atom stereocenters. The van der Waals surface area contributed by atoms with Gasteiger partial charge in [-0.3, -0.25) is 0 Å². The molecule has 0 aromatic carbocycles. The number of esters is 1. The summed E-state index contributed by atoms with van der Waals surface area (Å²) in [6.45, 7) is 3.65. The molecular formula is C12H16O3. The van der Waals surface area contributed by atoms with Gasteiger partial charge in [-0.1, -0.05) is 6.08 Å². The maximum Gasteiger partial charge on any atom is 0.337 e. The van der Waals surface area contributed by atoms with E-state index in [0.29, 0.717) is 18.4 Å². The monoisotopic (exact) mass is 208 g/mol. The zero-order valence-corrected chi connectivity index (χ0v) is 8.74. The van der Waals surface area contributed by atoms with Crippen LogP contribution >= 0.6 is 0 Å². The summed E-state index contributed by atoms with van der Waals surface area (Å²) >= 11 is 0. The first-order valence-electron chi connectivity index (χ1n) is 5.46. The highest BCUT2D eigenvalue weighted by Crippen LogP contribution is 2.37. The topological polar surface area (TPSA) is 46.5 Å². The average molecular weight is 208 g/mol. The summed E-state index contributed by atoms with van der Waals surface area (Å²) in [4.78, 5) is 11.6. The minimum atomic E-state index is -0.324. The maximum absolute atomic E-state index is 11.6. The molecule has 1 aliphatic heterocycles. The van der Waals surface area contributed by atoms with Crippen LogP contribution in [0.2, 0.25) is 0 Å². The van der Waals surface area contributed by atoms with Gasteiger partial charge in [-0.25, -0.2) is 4.79 Å². The van der Waals surface area contributed by atoms with Gasteiger partial charge in [-0.05, 0) is 25.2 Å². The summed E-state index contributed by atoms with van der Waals surface area (Å²) < 4.78 is 5.24. The number of aliphatic hydroxyl groups excluding tert-OH is 1. The number of cyclic esters (lactones) is 1. The number of carbonyl (C=O) groups excluding carboxylic acids is 1. The van der Waals surface area contributed by atoms with Crippen LogP contribution in [0.5, 0.6) is 0 Å². The number of carbonyl (C=O) groups is 1. The summed E-state index contributed by atoms with van der Waals surface area (Å²) in [5.74, 6) is 0.119. The van der Waals surface area contributed by atoms with Crippen LogP contribution in [0.15, 0.2) is 24.0 Å². The molecule has 0 saturated carbocycles. The smallest absolute Gasteiger partial charge is 0.337 e. The zero-order valence-electron chi connectivity index (χ0n) is 8.74. The van der Waals surface area contributed by atoms with Crippen molar-refractivity contribution in [3.05, 3.63) is 24.0 Å². The number of aliphatic hydroxyl groups is 1. The molecule has 2 rings (SSSR count). The lowest BCUT2D eigenvalue weighted by Crippen LogP contribution is -2.34. The van der Waals surface area contributed by atoms with Crippen molar-refractivity contribution in [2.45, 2.75) is 38.2 Å². The second-order valence-corrected chi connectivity index (χ2v) is 4.24. The van der Waals surface area contributed by atoms with Crippen LogP contribution < -0.4 is 0 Å². The normalized spacial score (nSPS) is 30.8. The van der Waals surface area contributed by atoms with Gasteiger partial charge in [0.05, 0.1) is 5.57 Å². The van der Waals surface area contributed by atoms with E-state index in [9.17, 15) is 9.90 Å². The molecular weight excluding hydrogens is 192 g/mol. The molecule has 1 fully saturated rings. The van der Waals surface area contributed by atoms with Crippen molar-refractivity contribution in [3.63, 3.8) is 0 Å². The number of rotatable bonds is 2. The molecule has 1 saturated heterocycles. The van der Waals surface area contributed by atoms with Crippen LogP contribution in [0.1, 0.15) is 32.1 Å². The van der Waals surface area contributed by atoms with Crippen LogP contribution in [-0.4, -0.2) is 17.2 Å². The van der Waals surface area contributed by atoms with E-state index in [1.54, 1.807) is 6.08 Å². The number of allylic oxidation sites excluding steroid dienone is 1. The predicted octanol–water partition coefficient (Wildman–Crippen LogP) is 2.49. The molecule has 0 unspecified atom stereocenters. The highest BCUT2D eigenvalue weighted by Gasteiger charge is 2.36. The zero-order chi connectivity index (χ0) is 10.8. The van der Waals surface area contributed by atoms with E-state index in [0.717, 1.165) is 19.3 Å². The predicted molar refractivity (Wildman–Crippen MR) is 56.3 cm³/mol. The molecule has 1 heterocycles. The van der Waals surface area contributed by atoms with E-state index in [1.807, 2.05) is 0 Å². The van der Waals surface area contributed by atoms with Crippen molar-refractivity contribution in [1.82, 2.24) is 0 Å². The lowest BCUT2D eigenvalue weighted by Gasteiger charge is -2.33. The molecule has 0 amide bonds. The SMILES string of the molecule is C=CC[C@@H]1C[C@H]2CCCC(O)=C2C(=O)O1. The third kappa shape index (κ3) is 1.91. The molecule has 0 spiro atoms. The van der Waals surface area contributed by atoms with Crippen molar-refractivity contribution in [1.29, 1.82) is 0 Å². The van der Waals surface area contributed by atoms with Crippen molar-refractivity contribution >= 4 is 5.97 Å². The van der Waals surface area contributed by atoms with Crippen molar-refractivity contribution in [2.75, 3.05) is 0 Å². The summed E-state index contributed by atoms with van der Waals surface area (Å²) in [6.07, 6.45) is 5.83. The summed E-state index contributed by atoms with van der Waals surface area (Å²) in [5, 5.41) is 9.65. The molecule has 82 valence electrons. The van der Waals surface area contributed by atoms with E-state index in [-0.39, 0.29) is 23.8 Å². The Morgan fingerprint density at radius 3 is 3.13 bits per heavy atom. The Bertz CT molecular complexity index is 317. The van der Waals surface area contributed by atoms with Gasteiger partial charge in [-0.15, -0.1) is 6.58 Å². The molecule has 0 radical (unpaired) electrons. The highest BCUT2D eigenvalue weighted by atomic mass is 16.5. The molecule has 0 aromatic rings. The second-order valence-electron chi connectivity index (χ2n) is 4.24. The fraction of sp³-hybridized carbons (Fsp3) is 0.583. The van der Waals surface area contributed by atoms with Gasteiger partial charge in [0.15, 0.2) is 0 Å². The fourth-order valence-corrected chi connectivity index (χ4v) is 2.46. The van der Waals surface area contributed by atoms with Crippen LogP contribution in [0.3, 0.4) is 0 Å². The second kappa shape index (κ2) is 4.09. The highest BCUT2D eigenvalue weighted by molar-refractivity contribution is 5.90. The molecule has 2 aliphatic rings. The lowest BCUT2D eigenvalue weighted by atomic mass is 9.80. The van der Waals surface area contributed by atoms with E-state index in [1.165, 1.54) is 0 Å². The largest absolute Gasteiger partial charge is 0.512 e. The van der Waals surface area contributed by atoms with E-state index in [4.69, 9.17) is 4.74 Å². The van der Waals surface area contributed by atoms with Gasteiger partial charge in [0.25, 0.3) is 0 Å². The molecule has 3 nitrogen and oxygen atoms in total. The number of ether oxygens (including phenoxy) is 1. The van der Waals surface area contributed by atoms with Crippen molar-refractivity contribution in [3.8, 4) is 0 Å². The maximum atomic E-state index is 11.6. The Hall–Kier alpha value is -1.25. The number of hydrogen-bond acceptors (Lipinski definition) is 3. The fourth-order valence-electron chi connectivity index (χ4n) is 2.46. The first-order valence-corrected chi connectivity index (χ1v) is 5.46. The van der Waals surface area contributed by atoms with Crippen molar-refractivity contribution in [2.24, 2.45) is 5.92 Å². The third-order valence-corrected chi connectivity index (χ3v) is 3.16. The van der Waals surface area contributed by atoms with E-state index >= 15 is 0 Å². The lowest BCUT2D eigenvalue weighted by molar-refractivity contribution is -0.150. The molecule has 0 aromatic heterocycles. The quantitative estimate of drug-likeness (QED) is 0.560. The van der Waals surface area contributed by atoms with E-state index < -0.39 is 0 Å². The van der Waals surface area contributed by atoms with Crippen LogP contribution in [0.4, 0.5) is 0 Å². The minimum Gasteiger partial charge on any atom is -0.512 e. The Labute approximate surface area is 89.4 Å². The average Bonchev–Trinajstić information content (AvgIpc) is 2.17. The minimum absolute atomic E-state index is 0.0466. The molecule has 1 aliphatic carbocycles. The molecule has 1 N–H and O–H groups in total. The Balaban J connectivity index is 2.18. The Morgan fingerprint density at radius 1 is 1.60 bits per heavy atom. The Morgan fingerprint density at radius 2 is 2.40 bits per heavy atom. The van der Waals surface area contributed by atoms with Gasteiger partial charge < -0.3 is 9.84 Å². The first-order chi connectivity index (χ1) is 7.22. The van der Waals surface area contributed by atoms with Crippen LogP contribution in [0, 0.1) is 5.92 Å².